The predicted octanol–water partition coefficient (Wildman–Crippen LogP) is 3.81. The number of carbonyl (C=O) groups is 1. The molecule has 0 aliphatic carbocycles. The van der Waals surface area contributed by atoms with Gasteiger partial charge in [-0.25, -0.2) is 0 Å². The number of unbranched alkanes of at least 4 members (excludes halogenated alkanes) is 1. The average Bonchev–Trinajstić information content (AvgIpc) is 2.59. The van der Waals surface area contributed by atoms with E-state index in [4.69, 9.17) is 4.74 Å². The van der Waals surface area contributed by atoms with Gasteiger partial charge in [0.05, 0.1) is 6.61 Å². The van der Waals surface area contributed by atoms with Crippen molar-refractivity contribution < 1.29 is 9.53 Å². The largest absolute Gasteiger partial charge is 0.494 e. The van der Waals surface area contributed by atoms with Crippen LogP contribution in [0.15, 0.2) is 67.3 Å². The van der Waals surface area contributed by atoms with Crippen LogP contribution in [0.3, 0.4) is 0 Å². The van der Waals surface area contributed by atoms with Crippen LogP contribution in [0.1, 0.15) is 12.8 Å². The van der Waals surface area contributed by atoms with E-state index in [0.29, 0.717) is 13.2 Å². The van der Waals surface area contributed by atoms with Gasteiger partial charge in [0.2, 0.25) is 5.91 Å². The standard InChI is InChI=1S/C19H21NO2/c1-2-19(21)20-14-6-7-15-22-18-12-10-17(11-13-18)16-8-4-3-5-9-16/h2-5,8-13H,1,6-7,14-15H2,(H,20,21). The molecular formula is C19H21NO2. The van der Waals surface area contributed by atoms with Gasteiger partial charge in [-0.2, -0.15) is 0 Å². The molecule has 3 nitrogen and oxygen atoms in total. The van der Waals surface area contributed by atoms with E-state index in [0.717, 1.165) is 18.6 Å². The lowest BCUT2D eigenvalue weighted by atomic mass is 10.1. The normalized spacial score (nSPS) is 10.0. The minimum atomic E-state index is -0.127. The van der Waals surface area contributed by atoms with Gasteiger partial charge < -0.3 is 10.1 Å². The molecule has 0 heterocycles. The van der Waals surface area contributed by atoms with Crippen LogP contribution >= 0.6 is 0 Å². The highest BCUT2D eigenvalue weighted by atomic mass is 16.5. The molecule has 3 heteroatoms. The van der Waals surface area contributed by atoms with E-state index in [1.54, 1.807) is 0 Å². The van der Waals surface area contributed by atoms with E-state index in [1.807, 2.05) is 30.3 Å². The first-order valence-electron chi connectivity index (χ1n) is 7.48. The molecule has 1 amide bonds. The first-order chi connectivity index (χ1) is 10.8. The highest BCUT2D eigenvalue weighted by Crippen LogP contribution is 2.22. The van der Waals surface area contributed by atoms with E-state index in [9.17, 15) is 4.79 Å². The fraction of sp³-hybridized carbons (Fsp3) is 0.211. The monoisotopic (exact) mass is 295 g/mol. The minimum Gasteiger partial charge on any atom is -0.494 e. The SMILES string of the molecule is C=CC(=O)NCCCCOc1ccc(-c2ccccc2)cc1. The van der Waals surface area contributed by atoms with E-state index >= 15 is 0 Å². The maximum atomic E-state index is 11.0. The molecule has 0 aliphatic heterocycles. The van der Waals surface area contributed by atoms with E-state index in [2.05, 4.69) is 36.2 Å². The molecule has 0 atom stereocenters. The number of hydrogen-bond donors (Lipinski definition) is 1. The summed E-state index contributed by atoms with van der Waals surface area (Å²) in [5.74, 6) is 0.743. The average molecular weight is 295 g/mol. The Kier molecular flexibility index (Phi) is 6.24. The van der Waals surface area contributed by atoms with Gasteiger partial charge >= 0.3 is 0 Å². The maximum absolute atomic E-state index is 11.0. The Morgan fingerprint density at radius 3 is 2.36 bits per heavy atom. The third kappa shape index (κ3) is 5.09. The van der Waals surface area contributed by atoms with Crippen molar-refractivity contribution in [2.75, 3.05) is 13.2 Å². The van der Waals surface area contributed by atoms with Crippen molar-refractivity contribution in [3.63, 3.8) is 0 Å². The van der Waals surface area contributed by atoms with Crippen LogP contribution in [0.5, 0.6) is 5.75 Å². The van der Waals surface area contributed by atoms with Gasteiger partial charge in [-0.15, -0.1) is 0 Å². The lowest BCUT2D eigenvalue weighted by molar-refractivity contribution is -0.116. The number of amides is 1. The Balaban J connectivity index is 1.71. The molecule has 1 N–H and O–H groups in total. The summed E-state index contributed by atoms with van der Waals surface area (Å²) in [6.07, 6.45) is 3.07. The van der Waals surface area contributed by atoms with E-state index in [-0.39, 0.29) is 5.91 Å². The van der Waals surface area contributed by atoms with Crippen molar-refractivity contribution in [3.8, 4) is 16.9 Å². The first-order valence-corrected chi connectivity index (χ1v) is 7.48. The minimum absolute atomic E-state index is 0.127. The van der Waals surface area contributed by atoms with E-state index in [1.165, 1.54) is 17.2 Å². The fourth-order valence-corrected chi connectivity index (χ4v) is 2.08. The maximum Gasteiger partial charge on any atom is 0.243 e. The van der Waals surface area contributed by atoms with Crippen LogP contribution in [-0.2, 0) is 4.79 Å². The van der Waals surface area contributed by atoms with Gasteiger partial charge in [-0.3, -0.25) is 4.79 Å². The van der Waals surface area contributed by atoms with Gasteiger partial charge in [-0.1, -0.05) is 49.0 Å². The Labute approximate surface area is 131 Å². The second-order valence-electron chi connectivity index (χ2n) is 4.94. The Morgan fingerprint density at radius 2 is 1.68 bits per heavy atom. The second-order valence-corrected chi connectivity index (χ2v) is 4.94. The van der Waals surface area contributed by atoms with Crippen LogP contribution in [0.25, 0.3) is 11.1 Å². The van der Waals surface area contributed by atoms with Gasteiger partial charge in [0, 0.05) is 6.54 Å². The number of nitrogens with one attached hydrogen (secondary N) is 1. The zero-order chi connectivity index (χ0) is 15.6. The lowest BCUT2D eigenvalue weighted by Gasteiger charge is -2.08. The number of ether oxygens (including phenoxy) is 1. The van der Waals surface area contributed by atoms with Crippen LogP contribution in [-0.4, -0.2) is 19.1 Å². The number of carbonyl (C=O) groups excluding carboxylic acids is 1. The van der Waals surface area contributed by atoms with Crippen molar-refractivity contribution in [1.29, 1.82) is 0 Å². The molecule has 0 unspecified atom stereocenters. The third-order valence-corrected chi connectivity index (χ3v) is 3.29. The van der Waals surface area contributed by atoms with Gasteiger partial charge in [0.25, 0.3) is 0 Å². The Hall–Kier alpha value is -2.55. The molecule has 0 fully saturated rings. The molecule has 22 heavy (non-hydrogen) atoms. The van der Waals surface area contributed by atoms with Crippen LogP contribution < -0.4 is 10.1 Å². The highest BCUT2D eigenvalue weighted by Gasteiger charge is 1.98. The summed E-state index contributed by atoms with van der Waals surface area (Å²) >= 11 is 0. The Bertz CT molecular complexity index is 591. The topological polar surface area (TPSA) is 38.3 Å². The predicted molar refractivity (Wildman–Crippen MR) is 89.8 cm³/mol. The summed E-state index contributed by atoms with van der Waals surface area (Å²) < 4.78 is 5.70. The van der Waals surface area contributed by atoms with Gasteiger partial charge in [-0.05, 0) is 42.2 Å². The second kappa shape index (κ2) is 8.67. The van der Waals surface area contributed by atoms with Gasteiger partial charge in [0.1, 0.15) is 5.75 Å². The lowest BCUT2D eigenvalue weighted by Crippen LogP contribution is -2.22. The smallest absolute Gasteiger partial charge is 0.243 e. The molecule has 2 rings (SSSR count). The van der Waals surface area contributed by atoms with Crippen molar-refractivity contribution in [1.82, 2.24) is 5.32 Å². The molecule has 0 saturated carbocycles. The zero-order valence-corrected chi connectivity index (χ0v) is 12.6. The van der Waals surface area contributed by atoms with E-state index < -0.39 is 0 Å². The summed E-state index contributed by atoms with van der Waals surface area (Å²) in [6, 6.07) is 18.4. The highest BCUT2D eigenvalue weighted by molar-refractivity contribution is 5.86. The molecule has 2 aromatic carbocycles. The summed E-state index contributed by atoms with van der Waals surface area (Å²) in [6.45, 7) is 4.71. The summed E-state index contributed by atoms with van der Waals surface area (Å²) in [4.78, 5) is 11.0. The summed E-state index contributed by atoms with van der Waals surface area (Å²) in [7, 11) is 0. The first kappa shape index (κ1) is 15.8. The van der Waals surface area contributed by atoms with Crippen LogP contribution in [0, 0.1) is 0 Å². The van der Waals surface area contributed by atoms with Crippen molar-refractivity contribution >= 4 is 5.91 Å². The van der Waals surface area contributed by atoms with Crippen LogP contribution in [0.2, 0.25) is 0 Å². The molecule has 0 spiro atoms. The third-order valence-electron chi connectivity index (χ3n) is 3.29. The quantitative estimate of drug-likeness (QED) is 0.594. The zero-order valence-electron chi connectivity index (χ0n) is 12.6. The number of hydrogen-bond acceptors (Lipinski definition) is 2. The molecule has 0 saturated heterocycles. The number of rotatable bonds is 8. The van der Waals surface area contributed by atoms with Crippen molar-refractivity contribution in [3.05, 3.63) is 67.3 Å². The van der Waals surface area contributed by atoms with Gasteiger partial charge in [0.15, 0.2) is 0 Å². The molecule has 114 valence electrons. The molecular weight excluding hydrogens is 274 g/mol. The summed E-state index contributed by atoms with van der Waals surface area (Å²) in [5, 5.41) is 2.74. The Morgan fingerprint density at radius 1 is 1.00 bits per heavy atom. The molecule has 0 radical (unpaired) electrons. The molecule has 0 bridgehead atoms. The molecule has 0 aliphatic rings. The van der Waals surface area contributed by atoms with Crippen molar-refractivity contribution in [2.24, 2.45) is 0 Å². The van der Waals surface area contributed by atoms with Crippen LogP contribution in [0.4, 0.5) is 0 Å². The summed E-state index contributed by atoms with van der Waals surface area (Å²) in [5.41, 5.74) is 2.38. The van der Waals surface area contributed by atoms with Crippen molar-refractivity contribution in [2.45, 2.75) is 12.8 Å². The fourth-order valence-electron chi connectivity index (χ4n) is 2.08. The number of benzene rings is 2. The molecule has 2 aromatic rings. The molecule has 0 aromatic heterocycles.